The second kappa shape index (κ2) is 4.91. The molecule has 1 saturated heterocycles. The predicted octanol–water partition coefficient (Wildman–Crippen LogP) is 3.94. The molecule has 2 heterocycles. The summed E-state index contributed by atoms with van der Waals surface area (Å²) in [5.41, 5.74) is -0.366. The SMILES string of the molecule is CC1C=C2SC(C(=O)c3cccs3)CC2(C=O)CC1. The molecule has 3 unspecified atom stereocenters. The van der Waals surface area contributed by atoms with Crippen LogP contribution in [0.4, 0.5) is 0 Å². The lowest BCUT2D eigenvalue weighted by Gasteiger charge is -2.29. The number of carbonyl (C=O) groups is 2. The number of allylic oxidation sites excluding steroid dienone is 2. The highest BCUT2D eigenvalue weighted by Crippen LogP contribution is 2.56. The zero-order valence-corrected chi connectivity index (χ0v) is 12.4. The number of hydrogen-bond acceptors (Lipinski definition) is 4. The molecule has 1 aliphatic carbocycles. The summed E-state index contributed by atoms with van der Waals surface area (Å²) in [4.78, 5) is 25.9. The summed E-state index contributed by atoms with van der Waals surface area (Å²) < 4.78 is 0. The van der Waals surface area contributed by atoms with Gasteiger partial charge >= 0.3 is 0 Å². The van der Waals surface area contributed by atoms with E-state index in [1.807, 2.05) is 17.5 Å². The average molecular weight is 292 g/mol. The molecule has 3 rings (SSSR count). The number of ketones is 1. The number of rotatable bonds is 3. The Bertz CT molecular complexity index is 532. The van der Waals surface area contributed by atoms with Gasteiger partial charge in [-0.3, -0.25) is 4.79 Å². The van der Waals surface area contributed by atoms with Gasteiger partial charge in [0, 0.05) is 0 Å². The van der Waals surface area contributed by atoms with Gasteiger partial charge in [-0.2, -0.15) is 0 Å². The van der Waals surface area contributed by atoms with E-state index in [1.54, 1.807) is 11.8 Å². The Kier molecular flexibility index (Phi) is 3.39. The third-order valence-electron chi connectivity index (χ3n) is 4.07. The molecule has 0 N–H and O–H groups in total. The molecule has 1 aromatic rings. The standard InChI is InChI=1S/C15H16O2S2/c1-10-4-5-15(9-16)8-12(19-13(15)7-10)14(17)11-3-2-6-18-11/h2-3,6-7,9-10,12H,4-5,8H2,1H3. The summed E-state index contributed by atoms with van der Waals surface area (Å²) in [6, 6.07) is 3.78. The van der Waals surface area contributed by atoms with E-state index < -0.39 is 0 Å². The van der Waals surface area contributed by atoms with Crippen LogP contribution in [0.2, 0.25) is 0 Å². The van der Waals surface area contributed by atoms with E-state index in [0.717, 1.165) is 28.9 Å². The first-order valence-electron chi connectivity index (χ1n) is 6.58. The zero-order chi connectivity index (χ0) is 13.5. The highest BCUT2D eigenvalue weighted by atomic mass is 32.2. The smallest absolute Gasteiger partial charge is 0.186 e. The number of hydrogen-bond donors (Lipinski definition) is 0. The molecule has 0 bridgehead atoms. The Labute approximate surface area is 121 Å². The Morgan fingerprint density at radius 2 is 2.37 bits per heavy atom. The number of fused-ring (bicyclic) bond motifs is 1. The van der Waals surface area contributed by atoms with Gasteiger partial charge in [0.1, 0.15) is 6.29 Å². The van der Waals surface area contributed by atoms with Crippen LogP contribution < -0.4 is 0 Å². The number of aldehydes is 1. The van der Waals surface area contributed by atoms with Gasteiger partial charge in [-0.1, -0.05) is 19.1 Å². The molecule has 100 valence electrons. The summed E-state index contributed by atoms with van der Waals surface area (Å²) in [6.07, 6.45) is 5.90. The van der Waals surface area contributed by atoms with Crippen LogP contribution in [0.15, 0.2) is 28.5 Å². The van der Waals surface area contributed by atoms with E-state index in [1.165, 1.54) is 11.3 Å². The van der Waals surface area contributed by atoms with Gasteiger partial charge in [0.15, 0.2) is 5.78 Å². The van der Waals surface area contributed by atoms with Crippen LogP contribution in [-0.4, -0.2) is 17.3 Å². The van der Waals surface area contributed by atoms with Crippen molar-refractivity contribution in [2.75, 3.05) is 0 Å². The molecule has 0 radical (unpaired) electrons. The van der Waals surface area contributed by atoms with Gasteiger partial charge in [-0.05, 0) is 41.5 Å². The van der Waals surface area contributed by atoms with Gasteiger partial charge in [-0.15, -0.1) is 23.1 Å². The van der Waals surface area contributed by atoms with Crippen LogP contribution >= 0.6 is 23.1 Å². The molecule has 2 aliphatic rings. The minimum absolute atomic E-state index is 0.0830. The molecule has 0 spiro atoms. The fraction of sp³-hybridized carbons (Fsp3) is 0.467. The van der Waals surface area contributed by atoms with Crippen molar-refractivity contribution in [1.29, 1.82) is 0 Å². The van der Waals surface area contributed by atoms with Gasteiger partial charge in [0.05, 0.1) is 15.5 Å². The highest BCUT2D eigenvalue weighted by Gasteiger charge is 2.48. The minimum atomic E-state index is -0.366. The summed E-state index contributed by atoms with van der Waals surface area (Å²) in [5.74, 6) is 0.704. The lowest BCUT2D eigenvalue weighted by molar-refractivity contribution is -0.114. The lowest BCUT2D eigenvalue weighted by atomic mass is 9.74. The second-order valence-electron chi connectivity index (χ2n) is 5.47. The summed E-state index contributed by atoms with van der Waals surface area (Å²) in [5, 5.41) is 1.84. The molecule has 0 amide bonds. The number of carbonyl (C=O) groups excluding carboxylic acids is 2. The lowest BCUT2D eigenvalue weighted by Crippen LogP contribution is -2.27. The maximum Gasteiger partial charge on any atom is 0.186 e. The second-order valence-corrected chi connectivity index (χ2v) is 7.67. The normalized spacial score (nSPS) is 33.6. The molecule has 0 aromatic carbocycles. The molecular weight excluding hydrogens is 276 g/mol. The molecule has 3 atom stereocenters. The number of thiophene rings is 1. The highest BCUT2D eigenvalue weighted by molar-refractivity contribution is 8.04. The first kappa shape index (κ1) is 13.1. The van der Waals surface area contributed by atoms with Crippen LogP contribution in [0, 0.1) is 11.3 Å². The van der Waals surface area contributed by atoms with E-state index in [-0.39, 0.29) is 16.4 Å². The van der Waals surface area contributed by atoms with Gasteiger partial charge < -0.3 is 4.79 Å². The molecular formula is C15H16O2S2. The molecule has 19 heavy (non-hydrogen) atoms. The largest absolute Gasteiger partial charge is 0.302 e. The topological polar surface area (TPSA) is 34.1 Å². The van der Waals surface area contributed by atoms with E-state index in [2.05, 4.69) is 13.0 Å². The molecule has 1 aromatic heterocycles. The average Bonchev–Trinajstić information content (AvgIpc) is 3.05. The van der Waals surface area contributed by atoms with Crippen LogP contribution in [-0.2, 0) is 4.79 Å². The van der Waals surface area contributed by atoms with Crippen molar-refractivity contribution < 1.29 is 9.59 Å². The van der Waals surface area contributed by atoms with Crippen molar-refractivity contribution in [3.63, 3.8) is 0 Å². The van der Waals surface area contributed by atoms with Crippen LogP contribution in [0.3, 0.4) is 0 Å². The molecule has 1 aliphatic heterocycles. The molecule has 1 fully saturated rings. The first-order chi connectivity index (χ1) is 9.14. The zero-order valence-electron chi connectivity index (χ0n) is 10.8. The summed E-state index contributed by atoms with van der Waals surface area (Å²) >= 11 is 3.10. The summed E-state index contributed by atoms with van der Waals surface area (Å²) in [6.45, 7) is 2.18. The van der Waals surface area contributed by atoms with Gasteiger partial charge in [-0.25, -0.2) is 0 Å². The van der Waals surface area contributed by atoms with Crippen molar-refractivity contribution in [3.05, 3.63) is 33.4 Å². The van der Waals surface area contributed by atoms with Crippen LogP contribution in [0.5, 0.6) is 0 Å². The number of thioether (sulfide) groups is 1. The van der Waals surface area contributed by atoms with Crippen molar-refractivity contribution >= 4 is 35.2 Å². The fourth-order valence-electron chi connectivity index (χ4n) is 2.89. The van der Waals surface area contributed by atoms with Crippen molar-refractivity contribution in [1.82, 2.24) is 0 Å². The van der Waals surface area contributed by atoms with Crippen LogP contribution in [0.1, 0.15) is 35.9 Å². The van der Waals surface area contributed by atoms with Gasteiger partial charge in [0.25, 0.3) is 0 Å². The maximum absolute atomic E-state index is 12.4. The minimum Gasteiger partial charge on any atom is -0.302 e. The van der Waals surface area contributed by atoms with Crippen molar-refractivity contribution in [2.24, 2.45) is 11.3 Å². The monoisotopic (exact) mass is 292 g/mol. The van der Waals surface area contributed by atoms with Gasteiger partial charge in [0.2, 0.25) is 0 Å². The Morgan fingerprint density at radius 1 is 1.53 bits per heavy atom. The fourth-order valence-corrected chi connectivity index (χ4v) is 5.38. The molecule has 4 heteroatoms. The third kappa shape index (κ3) is 2.21. The molecule has 0 saturated carbocycles. The van der Waals surface area contributed by atoms with Crippen molar-refractivity contribution in [2.45, 2.75) is 31.4 Å². The van der Waals surface area contributed by atoms with E-state index in [9.17, 15) is 9.59 Å². The van der Waals surface area contributed by atoms with E-state index in [0.29, 0.717) is 12.3 Å². The summed E-state index contributed by atoms with van der Waals surface area (Å²) in [7, 11) is 0. The van der Waals surface area contributed by atoms with Crippen molar-refractivity contribution in [3.8, 4) is 0 Å². The van der Waals surface area contributed by atoms with Crippen LogP contribution in [0.25, 0.3) is 0 Å². The third-order valence-corrected chi connectivity index (χ3v) is 6.42. The predicted molar refractivity (Wildman–Crippen MR) is 79.6 cm³/mol. The Balaban J connectivity index is 1.87. The van der Waals surface area contributed by atoms with E-state index in [4.69, 9.17) is 0 Å². The number of Topliss-reactive ketones (excluding diaryl/α,β-unsaturated/α-hetero) is 1. The Hall–Kier alpha value is -0.870. The first-order valence-corrected chi connectivity index (χ1v) is 8.33. The molecule has 2 nitrogen and oxygen atoms in total. The van der Waals surface area contributed by atoms with E-state index >= 15 is 0 Å². The quantitative estimate of drug-likeness (QED) is 0.625. The maximum atomic E-state index is 12.4. The Morgan fingerprint density at radius 3 is 3.05 bits per heavy atom.